The summed E-state index contributed by atoms with van der Waals surface area (Å²) in [6.07, 6.45) is 21.4. The maximum atomic E-state index is 12.8. The summed E-state index contributed by atoms with van der Waals surface area (Å²) in [4.78, 5) is 12.8. The number of aliphatic carboxylic acids is 1. The van der Waals surface area contributed by atoms with Gasteiger partial charge in [0.05, 0.1) is 12.0 Å². The number of fused-ring (bicyclic) bond motifs is 5. The van der Waals surface area contributed by atoms with Gasteiger partial charge in [0, 0.05) is 17.8 Å². The standard InChI is InChI=1S/C39H64O4/c1-7-9-10-11-16-38-23-27-14-13-26-22-39(42)29(12-8-2)37(25-43-39)17-15-28(36(27,6)31(26)37)35(38,5)21-20-33(3)18-19-34(4,32(40)41)24-30(33)38/h26-31,42H,7-25H2,1-6H3,(H,40,41)/t26-,27+,28-,29-,30-,31+,33-,34-,35-,36-,37+,38+,39+/m1/s1. The van der Waals surface area contributed by atoms with Gasteiger partial charge in [0.15, 0.2) is 5.79 Å². The second kappa shape index (κ2) is 9.95. The number of hydrogen-bond donors (Lipinski definition) is 2. The number of aliphatic hydroxyl groups is 1. The van der Waals surface area contributed by atoms with Crippen LogP contribution in [-0.2, 0) is 9.53 Å². The Balaban J connectivity index is 1.34. The van der Waals surface area contributed by atoms with Crippen LogP contribution in [-0.4, -0.2) is 28.6 Å². The maximum Gasteiger partial charge on any atom is 0.309 e. The van der Waals surface area contributed by atoms with Gasteiger partial charge >= 0.3 is 5.97 Å². The largest absolute Gasteiger partial charge is 0.481 e. The number of carboxylic acid groups (broad SMARTS) is 1. The summed E-state index contributed by atoms with van der Waals surface area (Å²) in [5.41, 5.74) is 0.611. The highest BCUT2D eigenvalue weighted by Gasteiger charge is 2.79. The van der Waals surface area contributed by atoms with Crippen LogP contribution in [0, 0.1) is 68.0 Å². The van der Waals surface area contributed by atoms with Gasteiger partial charge in [0.25, 0.3) is 0 Å². The number of carboxylic acids is 1. The van der Waals surface area contributed by atoms with E-state index in [-0.39, 0.29) is 21.7 Å². The van der Waals surface area contributed by atoms with Crippen LogP contribution in [0.5, 0.6) is 0 Å². The zero-order chi connectivity index (χ0) is 30.7. The number of carbonyl (C=O) groups is 1. The van der Waals surface area contributed by atoms with E-state index in [0.29, 0.717) is 40.9 Å². The van der Waals surface area contributed by atoms with E-state index < -0.39 is 17.2 Å². The molecule has 6 aliphatic carbocycles. The molecule has 1 saturated heterocycles. The summed E-state index contributed by atoms with van der Waals surface area (Å²) in [5.74, 6) is 2.00. The van der Waals surface area contributed by atoms with Crippen molar-refractivity contribution >= 4 is 5.97 Å². The molecule has 0 radical (unpaired) electrons. The molecule has 43 heavy (non-hydrogen) atoms. The lowest BCUT2D eigenvalue weighted by Crippen LogP contribution is -2.73. The number of hydrogen-bond acceptors (Lipinski definition) is 3. The van der Waals surface area contributed by atoms with E-state index in [2.05, 4.69) is 41.5 Å². The van der Waals surface area contributed by atoms with Gasteiger partial charge in [-0.3, -0.25) is 4.79 Å². The van der Waals surface area contributed by atoms with Gasteiger partial charge in [-0.25, -0.2) is 0 Å². The fourth-order valence-electron chi connectivity index (χ4n) is 15.4. The summed E-state index contributed by atoms with van der Waals surface area (Å²) in [7, 11) is 0. The van der Waals surface area contributed by atoms with E-state index in [0.717, 1.165) is 45.1 Å². The molecule has 4 heteroatoms. The highest BCUT2D eigenvalue weighted by Crippen LogP contribution is 2.83. The predicted molar refractivity (Wildman–Crippen MR) is 171 cm³/mol. The van der Waals surface area contributed by atoms with Crippen LogP contribution in [0.4, 0.5) is 0 Å². The Kier molecular flexibility index (Phi) is 7.17. The Morgan fingerprint density at radius 2 is 1.60 bits per heavy atom. The predicted octanol–water partition coefficient (Wildman–Crippen LogP) is 9.63. The summed E-state index contributed by atoms with van der Waals surface area (Å²) >= 11 is 0. The van der Waals surface area contributed by atoms with E-state index in [1.165, 1.54) is 77.0 Å². The third kappa shape index (κ3) is 3.84. The van der Waals surface area contributed by atoms with Crippen molar-refractivity contribution in [3.63, 3.8) is 0 Å². The molecule has 1 heterocycles. The quantitative estimate of drug-likeness (QED) is 0.274. The van der Waals surface area contributed by atoms with Gasteiger partial charge < -0.3 is 14.9 Å². The van der Waals surface area contributed by atoms with Gasteiger partial charge in [-0.2, -0.15) is 0 Å². The molecule has 0 aromatic heterocycles. The summed E-state index contributed by atoms with van der Waals surface area (Å²) in [5, 5.41) is 22.5. The zero-order valence-corrected chi connectivity index (χ0v) is 28.6. The van der Waals surface area contributed by atoms with E-state index in [1.54, 1.807) is 0 Å². The monoisotopic (exact) mass is 596 g/mol. The Morgan fingerprint density at radius 1 is 0.837 bits per heavy atom. The third-order valence-electron chi connectivity index (χ3n) is 17.3. The highest BCUT2D eigenvalue weighted by atomic mass is 16.6. The lowest BCUT2D eigenvalue weighted by Gasteiger charge is -2.79. The minimum Gasteiger partial charge on any atom is -0.481 e. The molecule has 0 aromatic carbocycles. The Morgan fingerprint density at radius 3 is 2.33 bits per heavy atom. The minimum atomic E-state index is -0.898. The van der Waals surface area contributed by atoms with Crippen LogP contribution in [0.3, 0.4) is 0 Å². The van der Waals surface area contributed by atoms with Crippen molar-refractivity contribution in [1.29, 1.82) is 0 Å². The van der Waals surface area contributed by atoms with Crippen molar-refractivity contribution in [1.82, 2.24) is 0 Å². The van der Waals surface area contributed by atoms with Crippen molar-refractivity contribution in [3.05, 3.63) is 0 Å². The van der Waals surface area contributed by atoms with Gasteiger partial charge in [-0.15, -0.1) is 0 Å². The van der Waals surface area contributed by atoms with Crippen molar-refractivity contribution in [2.75, 3.05) is 6.61 Å². The van der Waals surface area contributed by atoms with Crippen LogP contribution in [0.1, 0.15) is 157 Å². The van der Waals surface area contributed by atoms with Crippen molar-refractivity contribution in [3.8, 4) is 0 Å². The topological polar surface area (TPSA) is 66.8 Å². The van der Waals surface area contributed by atoms with E-state index in [4.69, 9.17) is 4.74 Å². The lowest BCUT2D eigenvalue weighted by atomic mass is 9.25. The molecule has 0 amide bonds. The fraction of sp³-hybridized carbons (Fsp3) is 0.974. The second-order valence-corrected chi connectivity index (χ2v) is 18.7. The molecule has 2 bridgehead atoms. The first-order valence-electron chi connectivity index (χ1n) is 18.9. The molecule has 7 aliphatic rings. The smallest absolute Gasteiger partial charge is 0.309 e. The molecule has 6 saturated carbocycles. The molecular formula is C39H64O4. The number of unbranched alkanes of at least 4 members (excludes halogenated alkanes) is 3. The molecule has 13 atom stereocenters. The van der Waals surface area contributed by atoms with E-state index in [9.17, 15) is 15.0 Å². The van der Waals surface area contributed by atoms with E-state index >= 15 is 0 Å². The van der Waals surface area contributed by atoms with Crippen LogP contribution in [0.2, 0.25) is 0 Å². The summed E-state index contributed by atoms with van der Waals surface area (Å²) < 4.78 is 6.52. The Labute approximate surface area is 262 Å². The SMILES string of the molecule is CCCCCC[C@@]12C[C@@H]3CC[C@@H]4C[C@]5(O)OC[C@@]6(CC[C@@H]([C@]3(C)[C@H]46)[C@@]1(C)CC[C@@]1(C)CC[C@@](C)(C(=O)O)C[C@H]12)[C@H]5CCC. The molecule has 244 valence electrons. The normalized spacial score (nSPS) is 56.5. The first-order valence-corrected chi connectivity index (χ1v) is 18.9. The third-order valence-corrected chi connectivity index (χ3v) is 17.3. The molecule has 1 spiro atoms. The van der Waals surface area contributed by atoms with E-state index in [1.807, 2.05) is 0 Å². The average molecular weight is 597 g/mol. The number of rotatable bonds is 8. The van der Waals surface area contributed by atoms with Gasteiger partial charge in [0.1, 0.15) is 0 Å². The molecule has 2 N–H and O–H groups in total. The minimum absolute atomic E-state index is 0.144. The van der Waals surface area contributed by atoms with Crippen LogP contribution < -0.4 is 0 Å². The molecule has 7 fully saturated rings. The maximum absolute atomic E-state index is 12.8. The highest BCUT2D eigenvalue weighted by molar-refractivity contribution is 5.74. The van der Waals surface area contributed by atoms with Crippen LogP contribution >= 0.6 is 0 Å². The molecule has 0 aromatic rings. The molecule has 4 nitrogen and oxygen atoms in total. The number of ether oxygens (including phenoxy) is 1. The molecular weight excluding hydrogens is 532 g/mol. The summed E-state index contributed by atoms with van der Waals surface area (Å²) in [6, 6.07) is 0. The molecule has 7 rings (SSSR count). The van der Waals surface area contributed by atoms with Crippen molar-refractivity contribution < 1.29 is 19.7 Å². The Bertz CT molecular complexity index is 1120. The van der Waals surface area contributed by atoms with Gasteiger partial charge in [-0.05, 0) is 135 Å². The van der Waals surface area contributed by atoms with Crippen LogP contribution in [0.15, 0.2) is 0 Å². The summed E-state index contributed by atoms with van der Waals surface area (Å²) in [6.45, 7) is 15.6. The van der Waals surface area contributed by atoms with Crippen molar-refractivity contribution in [2.45, 2.75) is 163 Å². The van der Waals surface area contributed by atoms with Gasteiger partial charge in [-0.1, -0.05) is 66.7 Å². The first-order chi connectivity index (χ1) is 20.3. The second-order valence-electron chi connectivity index (χ2n) is 18.7. The average Bonchev–Trinajstić information content (AvgIpc) is 3.13. The molecule has 0 unspecified atom stereocenters. The van der Waals surface area contributed by atoms with Crippen molar-refractivity contribution in [2.24, 2.45) is 68.0 Å². The molecule has 1 aliphatic heterocycles. The van der Waals surface area contributed by atoms with Gasteiger partial charge in [0.2, 0.25) is 0 Å². The first kappa shape index (κ1) is 31.0. The van der Waals surface area contributed by atoms with Crippen LogP contribution in [0.25, 0.3) is 0 Å². The zero-order valence-electron chi connectivity index (χ0n) is 28.6. The Hall–Kier alpha value is -0.610. The fourth-order valence-corrected chi connectivity index (χ4v) is 15.4. The lowest BCUT2D eigenvalue weighted by molar-refractivity contribution is -0.315.